The molecular formula is C25H24ClN5O5. The van der Waals surface area contributed by atoms with Gasteiger partial charge < -0.3 is 19.0 Å². The van der Waals surface area contributed by atoms with Gasteiger partial charge in [0.2, 0.25) is 11.8 Å². The van der Waals surface area contributed by atoms with Crippen molar-refractivity contribution in [3.8, 4) is 34.5 Å². The van der Waals surface area contributed by atoms with Gasteiger partial charge in [0.05, 0.1) is 20.6 Å². The third kappa shape index (κ3) is 4.39. The largest absolute Gasteiger partial charge is 0.494 e. The highest BCUT2D eigenvalue weighted by Gasteiger charge is 2.31. The summed E-state index contributed by atoms with van der Waals surface area (Å²) in [6, 6.07) is 8.72. The number of aromatic nitrogens is 5. The maximum Gasteiger partial charge on any atom is 0.289 e. The normalized spacial score (nSPS) is 13.8. The average Bonchev–Trinajstić information content (AvgIpc) is 3.58. The molecule has 0 amide bonds. The molecule has 1 aliphatic rings. The molecule has 5 rings (SSSR count). The number of methoxy groups -OCH3 is 2. The van der Waals surface area contributed by atoms with Gasteiger partial charge in [-0.15, -0.1) is 10.2 Å². The van der Waals surface area contributed by atoms with Crippen LogP contribution < -0.4 is 15.0 Å². The summed E-state index contributed by atoms with van der Waals surface area (Å²) >= 11 is 5.85. The highest BCUT2D eigenvalue weighted by atomic mass is 35.5. The summed E-state index contributed by atoms with van der Waals surface area (Å²) in [6.07, 6.45) is 5.60. The molecule has 186 valence electrons. The van der Waals surface area contributed by atoms with E-state index in [2.05, 4.69) is 20.2 Å². The summed E-state index contributed by atoms with van der Waals surface area (Å²) in [5.74, 6) is 1.06. The first kappa shape index (κ1) is 23.8. The number of para-hydroxylation sites is 1. The van der Waals surface area contributed by atoms with Crippen molar-refractivity contribution in [1.82, 2.24) is 24.7 Å². The average molecular weight is 510 g/mol. The third-order valence-corrected chi connectivity index (χ3v) is 6.49. The second-order valence-electron chi connectivity index (χ2n) is 8.47. The van der Waals surface area contributed by atoms with Crippen LogP contribution in [0.4, 0.5) is 0 Å². The van der Waals surface area contributed by atoms with Crippen LogP contribution in [0.25, 0.3) is 17.1 Å². The summed E-state index contributed by atoms with van der Waals surface area (Å²) in [7, 11) is 3.05. The molecule has 10 nitrogen and oxygen atoms in total. The Morgan fingerprint density at radius 1 is 1.11 bits per heavy atom. The number of rotatable bonds is 7. The minimum atomic E-state index is -0.650. The van der Waals surface area contributed by atoms with E-state index in [0.717, 1.165) is 31.2 Å². The summed E-state index contributed by atoms with van der Waals surface area (Å²) in [5.41, 5.74) is 0.382. The van der Waals surface area contributed by atoms with Crippen LogP contribution in [0.2, 0.25) is 5.15 Å². The molecule has 3 aromatic heterocycles. The number of nitrogens with zero attached hydrogens (tertiary/aromatic N) is 5. The maximum absolute atomic E-state index is 13.2. The zero-order valence-electron chi connectivity index (χ0n) is 19.8. The summed E-state index contributed by atoms with van der Waals surface area (Å²) in [4.78, 5) is 21.7. The summed E-state index contributed by atoms with van der Waals surface area (Å²) < 4.78 is 18.5. The Bertz CT molecular complexity index is 1420. The van der Waals surface area contributed by atoms with Crippen molar-refractivity contribution in [3.63, 3.8) is 0 Å². The second kappa shape index (κ2) is 9.98. The van der Waals surface area contributed by atoms with Crippen molar-refractivity contribution in [3.05, 3.63) is 69.3 Å². The molecule has 1 aromatic carbocycles. The lowest BCUT2D eigenvalue weighted by Crippen LogP contribution is -2.22. The van der Waals surface area contributed by atoms with Gasteiger partial charge in [-0.3, -0.25) is 9.36 Å². The van der Waals surface area contributed by atoms with E-state index in [9.17, 15) is 9.90 Å². The fourth-order valence-corrected chi connectivity index (χ4v) is 4.67. The number of halogens is 1. The van der Waals surface area contributed by atoms with Gasteiger partial charge in [-0.25, -0.2) is 4.98 Å². The van der Waals surface area contributed by atoms with Crippen LogP contribution in [0, 0.1) is 0 Å². The van der Waals surface area contributed by atoms with E-state index in [1.807, 2.05) is 0 Å². The van der Waals surface area contributed by atoms with Crippen molar-refractivity contribution in [1.29, 1.82) is 0 Å². The molecule has 11 heteroatoms. The van der Waals surface area contributed by atoms with Crippen LogP contribution in [0.1, 0.15) is 48.9 Å². The molecule has 0 aliphatic heterocycles. The van der Waals surface area contributed by atoms with E-state index in [1.54, 1.807) is 36.5 Å². The minimum Gasteiger partial charge on any atom is -0.494 e. The lowest BCUT2D eigenvalue weighted by molar-refractivity contribution is 0.377. The Balaban J connectivity index is 1.66. The molecule has 1 aliphatic carbocycles. The lowest BCUT2D eigenvalue weighted by Gasteiger charge is -2.22. The zero-order chi connectivity index (χ0) is 25.2. The summed E-state index contributed by atoms with van der Waals surface area (Å²) in [6.45, 7) is 0. The molecule has 0 saturated heterocycles. The molecule has 1 N–H and O–H groups in total. The Hall–Kier alpha value is -3.92. The van der Waals surface area contributed by atoms with Gasteiger partial charge in [0.1, 0.15) is 28.2 Å². The molecule has 36 heavy (non-hydrogen) atoms. The number of ether oxygens (including phenoxy) is 2. The smallest absolute Gasteiger partial charge is 0.289 e. The van der Waals surface area contributed by atoms with Crippen LogP contribution in [0.3, 0.4) is 0 Å². The molecular weight excluding hydrogens is 486 g/mol. The van der Waals surface area contributed by atoms with E-state index in [4.69, 9.17) is 25.5 Å². The molecule has 1 fully saturated rings. The second-order valence-corrected chi connectivity index (χ2v) is 8.86. The Kier molecular flexibility index (Phi) is 6.60. The number of hydrogen-bond donors (Lipinski definition) is 1. The quantitative estimate of drug-likeness (QED) is 0.363. The topological polar surface area (TPSA) is 125 Å². The van der Waals surface area contributed by atoms with Crippen LogP contribution >= 0.6 is 11.6 Å². The minimum absolute atomic E-state index is 0.0112. The van der Waals surface area contributed by atoms with Gasteiger partial charge in [0, 0.05) is 12.1 Å². The first-order valence-corrected chi connectivity index (χ1v) is 11.9. The molecule has 1 saturated carbocycles. The van der Waals surface area contributed by atoms with Gasteiger partial charge in [0.25, 0.3) is 11.4 Å². The number of hydrogen-bond acceptors (Lipinski definition) is 9. The monoisotopic (exact) mass is 509 g/mol. The van der Waals surface area contributed by atoms with Gasteiger partial charge in [0.15, 0.2) is 5.56 Å². The SMILES string of the molecule is COc1cccc(OC)c1-n1c(C2CCCC2)nc(=O)c(-c2nnc(Cc3ccc(Cl)nc3)o2)c1O. The lowest BCUT2D eigenvalue weighted by atomic mass is 10.1. The standard InChI is InChI=1S/C25H24ClN5O5/c1-34-16-8-5-9-17(35-2)21(16)31-22(15-6-3-4-7-15)28-23(32)20(25(31)33)24-30-29-19(36-24)12-14-10-11-18(26)27-13-14/h5,8-11,13,15,33H,3-4,6-7,12H2,1-2H3. The third-order valence-electron chi connectivity index (χ3n) is 6.26. The molecule has 0 radical (unpaired) electrons. The van der Waals surface area contributed by atoms with E-state index in [0.29, 0.717) is 28.2 Å². The predicted molar refractivity (Wildman–Crippen MR) is 131 cm³/mol. The number of benzene rings is 1. The molecule has 4 aromatic rings. The van der Waals surface area contributed by atoms with Crippen molar-refractivity contribution in [2.45, 2.75) is 38.0 Å². The van der Waals surface area contributed by atoms with Crippen molar-refractivity contribution in [2.75, 3.05) is 14.2 Å². The van der Waals surface area contributed by atoms with Crippen LogP contribution in [-0.4, -0.2) is 44.1 Å². The highest BCUT2D eigenvalue weighted by Crippen LogP contribution is 2.42. The van der Waals surface area contributed by atoms with Gasteiger partial charge in [-0.1, -0.05) is 36.6 Å². The Morgan fingerprint density at radius 3 is 2.47 bits per heavy atom. The van der Waals surface area contributed by atoms with Crippen LogP contribution in [0.5, 0.6) is 17.4 Å². The molecule has 3 heterocycles. The van der Waals surface area contributed by atoms with Crippen molar-refractivity contribution in [2.24, 2.45) is 0 Å². The van der Waals surface area contributed by atoms with E-state index >= 15 is 0 Å². The van der Waals surface area contributed by atoms with E-state index in [1.165, 1.54) is 18.8 Å². The van der Waals surface area contributed by atoms with E-state index < -0.39 is 5.56 Å². The maximum atomic E-state index is 13.2. The fourth-order valence-electron chi connectivity index (χ4n) is 4.56. The Morgan fingerprint density at radius 2 is 1.83 bits per heavy atom. The zero-order valence-corrected chi connectivity index (χ0v) is 20.5. The van der Waals surface area contributed by atoms with Gasteiger partial charge in [-0.2, -0.15) is 4.98 Å². The van der Waals surface area contributed by atoms with Crippen molar-refractivity contribution >= 4 is 11.6 Å². The van der Waals surface area contributed by atoms with E-state index in [-0.39, 0.29) is 35.6 Å². The fraction of sp³-hybridized carbons (Fsp3) is 0.320. The van der Waals surface area contributed by atoms with Crippen LogP contribution in [-0.2, 0) is 6.42 Å². The summed E-state index contributed by atoms with van der Waals surface area (Å²) in [5, 5.41) is 20.0. The number of aromatic hydroxyl groups is 1. The molecule has 0 unspecified atom stereocenters. The highest BCUT2D eigenvalue weighted by molar-refractivity contribution is 6.29. The van der Waals surface area contributed by atoms with Gasteiger partial charge >= 0.3 is 0 Å². The molecule has 0 atom stereocenters. The first-order valence-electron chi connectivity index (χ1n) is 11.5. The van der Waals surface area contributed by atoms with Gasteiger partial charge in [-0.05, 0) is 36.6 Å². The predicted octanol–water partition coefficient (Wildman–Crippen LogP) is 4.30. The first-order chi connectivity index (χ1) is 17.5. The van der Waals surface area contributed by atoms with Crippen molar-refractivity contribution < 1.29 is 19.0 Å². The molecule has 0 spiro atoms. The number of pyridine rings is 1. The Labute approximate surface area is 211 Å². The van der Waals surface area contributed by atoms with Crippen LogP contribution in [0.15, 0.2) is 45.7 Å². The molecule has 0 bridgehead atoms.